The number of anilines is 1. The molecule has 0 aliphatic carbocycles. The van der Waals surface area contributed by atoms with Crippen LogP contribution in [0.2, 0.25) is 0 Å². The van der Waals surface area contributed by atoms with Crippen LogP contribution in [0.3, 0.4) is 0 Å². The van der Waals surface area contributed by atoms with Gasteiger partial charge >= 0.3 is 0 Å². The van der Waals surface area contributed by atoms with Crippen molar-refractivity contribution in [3.8, 4) is 11.4 Å². The molecular weight excluding hydrogens is 452 g/mol. The van der Waals surface area contributed by atoms with Gasteiger partial charge in [-0.15, -0.1) is 0 Å². The van der Waals surface area contributed by atoms with Gasteiger partial charge in [0.15, 0.2) is 0 Å². The number of nitrogens with one attached hydrogen (secondary N) is 2. The molecule has 0 radical (unpaired) electrons. The summed E-state index contributed by atoms with van der Waals surface area (Å²) in [5.74, 6) is 0.286. The van der Waals surface area contributed by atoms with E-state index in [1.54, 1.807) is 53.7 Å². The lowest BCUT2D eigenvalue weighted by atomic mass is 10.1. The standard InChI is InChI=1S/C25H28N4O4S/c1-18-16-24(31)28-25(26-18)20-6-5-7-21(17-20)27-23(30)13-10-19-8-11-22(12-9-19)34(32,33)29-14-3-2-4-15-29/h5-9,11-12,16-17H,2-4,10,13-15H2,1H3,(H,27,30)(H,26,28,31). The number of carbonyl (C=O) groups excluding carboxylic acids is 1. The zero-order chi connectivity index (χ0) is 24.1. The van der Waals surface area contributed by atoms with Crippen molar-refractivity contribution >= 4 is 21.6 Å². The fraction of sp³-hybridized carbons (Fsp3) is 0.320. The topological polar surface area (TPSA) is 112 Å². The van der Waals surface area contributed by atoms with E-state index in [4.69, 9.17) is 0 Å². The van der Waals surface area contributed by atoms with E-state index < -0.39 is 10.0 Å². The third-order valence-electron chi connectivity index (χ3n) is 5.81. The minimum Gasteiger partial charge on any atom is -0.326 e. The minimum atomic E-state index is -3.46. The maximum absolute atomic E-state index is 12.8. The van der Waals surface area contributed by atoms with Crippen LogP contribution in [0.25, 0.3) is 11.4 Å². The molecule has 2 aromatic carbocycles. The summed E-state index contributed by atoms with van der Waals surface area (Å²) in [6, 6.07) is 15.3. The first-order chi connectivity index (χ1) is 16.3. The molecular formula is C25H28N4O4S. The molecule has 1 aliphatic rings. The molecule has 8 nitrogen and oxygen atoms in total. The number of hydrogen-bond acceptors (Lipinski definition) is 5. The molecule has 1 aromatic heterocycles. The van der Waals surface area contributed by atoms with Gasteiger partial charge in [0.1, 0.15) is 5.82 Å². The average molecular weight is 481 g/mol. The lowest BCUT2D eigenvalue weighted by Gasteiger charge is -2.25. The fourth-order valence-corrected chi connectivity index (χ4v) is 5.54. The second-order valence-electron chi connectivity index (χ2n) is 8.47. The van der Waals surface area contributed by atoms with Crippen molar-refractivity contribution in [3.05, 3.63) is 76.2 Å². The smallest absolute Gasteiger partial charge is 0.251 e. The van der Waals surface area contributed by atoms with Gasteiger partial charge in [-0.1, -0.05) is 30.7 Å². The lowest BCUT2D eigenvalue weighted by molar-refractivity contribution is -0.116. The molecule has 4 rings (SSSR count). The number of H-pyrrole nitrogens is 1. The minimum absolute atomic E-state index is 0.159. The Bertz CT molecular complexity index is 1330. The second-order valence-corrected chi connectivity index (χ2v) is 10.4. The monoisotopic (exact) mass is 480 g/mol. The van der Waals surface area contributed by atoms with Crippen LogP contribution in [-0.4, -0.2) is 41.7 Å². The Balaban J connectivity index is 1.36. The van der Waals surface area contributed by atoms with Gasteiger partial charge < -0.3 is 10.3 Å². The highest BCUT2D eigenvalue weighted by Gasteiger charge is 2.25. The zero-order valence-corrected chi connectivity index (χ0v) is 19.9. The van der Waals surface area contributed by atoms with Gasteiger partial charge in [-0.3, -0.25) is 9.59 Å². The van der Waals surface area contributed by atoms with Gasteiger partial charge in [0, 0.05) is 42.5 Å². The molecule has 2 N–H and O–H groups in total. The van der Waals surface area contributed by atoms with E-state index in [9.17, 15) is 18.0 Å². The molecule has 1 amide bonds. The Hall–Kier alpha value is -3.30. The number of benzene rings is 2. The van der Waals surface area contributed by atoms with Crippen LogP contribution in [0.4, 0.5) is 5.69 Å². The average Bonchev–Trinajstić information content (AvgIpc) is 2.83. The number of aromatic nitrogens is 2. The highest BCUT2D eigenvalue weighted by Crippen LogP contribution is 2.22. The SMILES string of the molecule is Cc1cc(=O)[nH]c(-c2cccc(NC(=O)CCc3ccc(S(=O)(=O)N4CCCCC4)cc3)c2)n1. The van der Waals surface area contributed by atoms with Gasteiger partial charge in [0.25, 0.3) is 5.56 Å². The van der Waals surface area contributed by atoms with Gasteiger partial charge in [0.05, 0.1) is 4.90 Å². The molecule has 0 atom stereocenters. The molecule has 0 bridgehead atoms. The Morgan fingerprint density at radius 2 is 1.79 bits per heavy atom. The summed E-state index contributed by atoms with van der Waals surface area (Å²) in [6.07, 6.45) is 3.60. The van der Waals surface area contributed by atoms with Crippen molar-refractivity contribution in [2.45, 2.75) is 43.9 Å². The lowest BCUT2D eigenvalue weighted by Crippen LogP contribution is -2.35. The Kier molecular flexibility index (Phi) is 7.23. The summed E-state index contributed by atoms with van der Waals surface area (Å²) in [4.78, 5) is 31.5. The second kappa shape index (κ2) is 10.3. The van der Waals surface area contributed by atoms with E-state index in [-0.39, 0.29) is 17.9 Å². The Morgan fingerprint density at radius 3 is 2.50 bits per heavy atom. The maximum Gasteiger partial charge on any atom is 0.251 e. The van der Waals surface area contributed by atoms with E-state index in [1.165, 1.54) is 6.07 Å². The van der Waals surface area contributed by atoms with Crippen LogP contribution in [-0.2, 0) is 21.2 Å². The van der Waals surface area contributed by atoms with E-state index in [0.29, 0.717) is 47.2 Å². The number of amides is 1. The molecule has 34 heavy (non-hydrogen) atoms. The van der Waals surface area contributed by atoms with Gasteiger partial charge in [0.2, 0.25) is 15.9 Å². The summed E-state index contributed by atoms with van der Waals surface area (Å²) in [5.41, 5.74) is 2.58. The molecule has 1 saturated heterocycles. The van der Waals surface area contributed by atoms with Gasteiger partial charge in [-0.2, -0.15) is 4.31 Å². The van der Waals surface area contributed by atoms with E-state index in [0.717, 1.165) is 24.8 Å². The molecule has 3 aromatic rings. The van der Waals surface area contributed by atoms with Crippen molar-refractivity contribution in [2.24, 2.45) is 0 Å². The number of nitrogens with zero attached hydrogens (tertiary/aromatic N) is 2. The quantitative estimate of drug-likeness (QED) is 0.538. The summed E-state index contributed by atoms with van der Waals surface area (Å²) >= 11 is 0. The predicted molar refractivity (Wildman–Crippen MR) is 131 cm³/mol. The Morgan fingerprint density at radius 1 is 1.06 bits per heavy atom. The van der Waals surface area contributed by atoms with Crippen LogP contribution in [0.1, 0.15) is 36.9 Å². The predicted octanol–water partition coefficient (Wildman–Crippen LogP) is 3.49. The van der Waals surface area contributed by atoms with Crippen molar-refractivity contribution < 1.29 is 13.2 Å². The number of sulfonamides is 1. The first kappa shape index (κ1) is 23.8. The fourth-order valence-electron chi connectivity index (χ4n) is 4.02. The number of carbonyl (C=O) groups is 1. The first-order valence-corrected chi connectivity index (χ1v) is 12.8. The summed E-state index contributed by atoms with van der Waals surface area (Å²) < 4.78 is 27.1. The molecule has 0 spiro atoms. The van der Waals surface area contributed by atoms with Crippen molar-refractivity contribution in [2.75, 3.05) is 18.4 Å². The zero-order valence-electron chi connectivity index (χ0n) is 19.1. The van der Waals surface area contributed by atoms with Crippen molar-refractivity contribution in [1.82, 2.24) is 14.3 Å². The third kappa shape index (κ3) is 5.78. The largest absolute Gasteiger partial charge is 0.326 e. The molecule has 0 unspecified atom stereocenters. The van der Waals surface area contributed by atoms with E-state index in [1.807, 2.05) is 6.07 Å². The van der Waals surface area contributed by atoms with Crippen LogP contribution >= 0.6 is 0 Å². The highest BCUT2D eigenvalue weighted by atomic mass is 32.2. The van der Waals surface area contributed by atoms with Crippen LogP contribution in [0, 0.1) is 6.92 Å². The molecule has 0 saturated carbocycles. The molecule has 1 fully saturated rings. The van der Waals surface area contributed by atoms with Crippen molar-refractivity contribution in [3.63, 3.8) is 0 Å². The molecule has 2 heterocycles. The van der Waals surface area contributed by atoms with Gasteiger partial charge in [-0.05, 0) is 56.0 Å². The van der Waals surface area contributed by atoms with Crippen LogP contribution in [0.5, 0.6) is 0 Å². The van der Waals surface area contributed by atoms with E-state index >= 15 is 0 Å². The van der Waals surface area contributed by atoms with Crippen LogP contribution in [0.15, 0.2) is 64.3 Å². The number of aromatic amines is 1. The summed E-state index contributed by atoms with van der Waals surface area (Å²) in [6.45, 7) is 2.89. The molecule has 178 valence electrons. The number of rotatable bonds is 7. The molecule has 1 aliphatic heterocycles. The maximum atomic E-state index is 12.8. The Labute approximate surface area is 199 Å². The normalized spacial score (nSPS) is 14.6. The van der Waals surface area contributed by atoms with E-state index in [2.05, 4.69) is 15.3 Å². The first-order valence-electron chi connectivity index (χ1n) is 11.4. The summed E-state index contributed by atoms with van der Waals surface area (Å²) in [7, 11) is -3.46. The molecule has 9 heteroatoms. The number of piperidine rings is 1. The van der Waals surface area contributed by atoms with Crippen LogP contribution < -0.4 is 10.9 Å². The number of hydrogen-bond donors (Lipinski definition) is 2. The summed E-state index contributed by atoms with van der Waals surface area (Å²) in [5, 5.41) is 2.87. The third-order valence-corrected chi connectivity index (χ3v) is 7.72. The number of aryl methyl sites for hydroxylation is 2. The van der Waals surface area contributed by atoms with Gasteiger partial charge in [-0.25, -0.2) is 13.4 Å². The van der Waals surface area contributed by atoms with Crippen molar-refractivity contribution in [1.29, 1.82) is 0 Å². The highest BCUT2D eigenvalue weighted by molar-refractivity contribution is 7.89.